The molecule has 8 nitrogen and oxygen atoms in total. The van der Waals surface area contributed by atoms with E-state index in [9.17, 15) is 14.3 Å². The molecular weight excluding hydrogens is 734 g/mol. The number of hydrogen-bond acceptors (Lipinski definition) is 7. The summed E-state index contributed by atoms with van der Waals surface area (Å²) in [6.07, 6.45) is 47.6. The van der Waals surface area contributed by atoms with Gasteiger partial charge in [-0.2, -0.15) is 0 Å². The lowest BCUT2D eigenvalue weighted by Gasteiger charge is -2.28. The number of phosphoric acid groups is 1. The van der Waals surface area contributed by atoms with Gasteiger partial charge in [-0.1, -0.05) is 192 Å². The normalized spacial score (nSPS) is 13.9. The Hall–Kier alpha value is -1.02. The zero-order chi connectivity index (χ0) is 42.0. The Morgan fingerprint density at radius 2 is 0.965 bits per heavy atom. The largest absolute Gasteiger partial charge is 0.756 e. The Labute approximate surface area is 353 Å². The first kappa shape index (κ1) is 56.0. The molecule has 2 unspecified atom stereocenters. The van der Waals surface area contributed by atoms with E-state index in [1.807, 2.05) is 21.1 Å². The van der Waals surface area contributed by atoms with Crippen molar-refractivity contribution in [2.75, 3.05) is 54.1 Å². The van der Waals surface area contributed by atoms with Gasteiger partial charge in [0.15, 0.2) is 0 Å². The topological polar surface area (TPSA) is 94.1 Å². The number of phosphoric ester groups is 1. The SMILES string of the molecule is CCCCC/C=C\C/C=C\CCCCCCCCCC(=O)OC(COCCCCCCCCCCCCCCCCCCCC)COP(=O)([O-])OCC[N+](C)(C)C. The summed E-state index contributed by atoms with van der Waals surface area (Å²) in [6, 6.07) is 0. The quantitative estimate of drug-likeness (QED) is 0.0198. The summed E-state index contributed by atoms with van der Waals surface area (Å²) in [6.45, 7) is 5.42. The number of nitrogens with zero attached hydrogens (tertiary/aromatic N) is 1. The molecule has 0 saturated carbocycles. The van der Waals surface area contributed by atoms with E-state index >= 15 is 0 Å². The number of carbonyl (C=O) groups excluding carboxylic acids is 1. The second-order valence-electron chi connectivity index (χ2n) is 17.5. The third kappa shape index (κ3) is 45.9. The standard InChI is InChI=1S/C48H94NO7P/c1-6-8-10-12-14-16-18-20-22-24-26-28-30-32-34-36-38-40-43-53-45-47(46-55-57(51,52)54-44-42-49(3,4)5)56-48(50)41-39-37-35-33-31-29-27-25-23-21-19-17-15-13-11-9-7-2/h15,17,21,23,47H,6-14,16,18-20,22,24-46H2,1-5H3/b17-15-,23-21-. The molecule has 0 spiro atoms. The molecule has 0 aromatic heterocycles. The fourth-order valence-electron chi connectivity index (χ4n) is 6.75. The van der Waals surface area contributed by atoms with Crippen molar-refractivity contribution in [1.82, 2.24) is 0 Å². The molecule has 0 bridgehead atoms. The van der Waals surface area contributed by atoms with Crippen LogP contribution >= 0.6 is 7.82 Å². The number of ether oxygens (including phenoxy) is 2. The van der Waals surface area contributed by atoms with E-state index in [-0.39, 0.29) is 25.8 Å². The summed E-state index contributed by atoms with van der Waals surface area (Å²) in [5.74, 6) is -0.338. The van der Waals surface area contributed by atoms with Crippen LogP contribution in [0.3, 0.4) is 0 Å². The first-order chi connectivity index (χ1) is 27.6. The first-order valence-corrected chi connectivity index (χ1v) is 25.5. The van der Waals surface area contributed by atoms with Gasteiger partial charge in [-0.25, -0.2) is 0 Å². The maximum absolute atomic E-state index is 12.7. The van der Waals surface area contributed by atoms with Crippen molar-refractivity contribution in [3.05, 3.63) is 24.3 Å². The maximum atomic E-state index is 12.7. The van der Waals surface area contributed by atoms with Crippen molar-refractivity contribution < 1.29 is 37.3 Å². The number of carbonyl (C=O) groups is 1. The average molecular weight is 828 g/mol. The van der Waals surface area contributed by atoms with Gasteiger partial charge in [-0.3, -0.25) is 9.36 Å². The van der Waals surface area contributed by atoms with Crippen LogP contribution in [0.1, 0.15) is 219 Å². The van der Waals surface area contributed by atoms with E-state index in [1.54, 1.807) is 0 Å². The van der Waals surface area contributed by atoms with E-state index in [0.29, 0.717) is 24.1 Å². The third-order valence-electron chi connectivity index (χ3n) is 10.5. The van der Waals surface area contributed by atoms with Gasteiger partial charge >= 0.3 is 5.97 Å². The molecule has 0 heterocycles. The van der Waals surface area contributed by atoms with Crippen LogP contribution < -0.4 is 4.89 Å². The van der Waals surface area contributed by atoms with Crippen LogP contribution in [0.5, 0.6) is 0 Å². The Kier molecular flexibility index (Phi) is 41.0. The van der Waals surface area contributed by atoms with Gasteiger partial charge in [0.25, 0.3) is 7.82 Å². The molecule has 0 fully saturated rings. The fourth-order valence-corrected chi connectivity index (χ4v) is 7.48. The van der Waals surface area contributed by atoms with Gasteiger partial charge in [0.2, 0.25) is 0 Å². The molecule has 0 amide bonds. The Morgan fingerprint density at radius 3 is 1.46 bits per heavy atom. The molecule has 0 aliphatic rings. The predicted octanol–water partition coefficient (Wildman–Crippen LogP) is 13.8. The van der Waals surface area contributed by atoms with Crippen molar-refractivity contribution in [1.29, 1.82) is 0 Å². The molecule has 0 aliphatic heterocycles. The lowest BCUT2D eigenvalue weighted by atomic mass is 10.0. The summed E-state index contributed by atoms with van der Waals surface area (Å²) < 4.78 is 34.7. The zero-order valence-corrected chi connectivity index (χ0v) is 39.2. The van der Waals surface area contributed by atoms with Crippen molar-refractivity contribution in [2.24, 2.45) is 0 Å². The molecule has 0 N–H and O–H groups in total. The highest BCUT2D eigenvalue weighted by Gasteiger charge is 2.20. The van der Waals surface area contributed by atoms with E-state index in [4.69, 9.17) is 18.5 Å². The lowest BCUT2D eigenvalue weighted by Crippen LogP contribution is -2.37. The smallest absolute Gasteiger partial charge is 0.306 e. The second-order valence-corrected chi connectivity index (χ2v) is 18.9. The van der Waals surface area contributed by atoms with Crippen molar-refractivity contribution in [2.45, 2.75) is 225 Å². The van der Waals surface area contributed by atoms with Gasteiger partial charge < -0.3 is 27.9 Å². The van der Waals surface area contributed by atoms with Crippen molar-refractivity contribution in [3.63, 3.8) is 0 Å². The Bertz CT molecular complexity index is 967. The number of rotatable bonds is 45. The molecule has 0 radical (unpaired) electrons. The molecule has 0 aromatic rings. The number of unbranched alkanes of at least 4 members (excludes halogenated alkanes) is 27. The average Bonchev–Trinajstić information content (AvgIpc) is 3.16. The molecule has 0 aromatic carbocycles. The minimum atomic E-state index is -4.53. The first-order valence-electron chi connectivity index (χ1n) is 24.1. The zero-order valence-electron chi connectivity index (χ0n) is 38.3. The third-order valence-corrected chi connectivity index (χ3v) is 11.5. The highest BCUT2D eigenvalue weighted by atomic mass is 31.2. The van der Waals surface area contributed by atoms with Crippen molar-refractivity contribution >= 4 is 13.8 Å². The molecule has 2 atom stereocenters. The van der Waals surface area contributed by atoms with Crippen LogP contribution in [0.2, 0.25) is 0 Å². The molecule has 0 rings (SSSR count). The number of allylic oxidation sites excluding steroid dienone is 4. The molecule has 0 saturated heterocycles. The Morgan fingerprint density at radius 1 is 0.544 bits per heavy atom. The minimum absolute atomic E-state index is 0.0265. The monoisotopic (exact) mass is 828 g/mol. The van der Waals surface area contributed by atoms with Crippen molar-refractivity contribution in [3.8, 4) is 0 Å². The van der Waals surface area contributed by atoms with Crippen LogP contribution in [-0.4, -0.2) is 70.7 Å². The summed E-state index contributed by atoms with van der Waals surface area (Å²) in [5.41, 5.74) is 0. The molecule has 338 valence electrons. The van der Waals surface area contributed by atoms with Gasteiger partial charge in [0.05, 0.1) is 34.4 Å². The van der Waals surface area contributed by atoms with Crippen LogP contribution in [0.25, 0.3) is 0 Å². The summed E-state index contributed by atoms with van der Waals surface area (Å²) >= 11 is 0. The van der Waals surface area contributed by atoms with E-state index in [1.165, 1.54) is 154 Å². The molecule has 0 aliphatic carbocycles. The summed E-state index contributed by atoms with van der Waals surface area (Å²) in [4.78, 5) is 25.1. The second kappa shape index (κ2) is 41.7. The lowest BCUT2D eigenvalue weighted by molar-refractivity contribution is -0.870. The fraction of sp³-hybridized carbons (Fsp3) is 0.896. The minimum Gasteiger partial charge on any atom is -0.756 e. The van der Waals surface area contributed by atoms with Gasteiger partial charge in [-0.05, 0) is 44.9 Å². The number of hydrogen-bond donors (Lipinski definition) is 0. The van der Waals surface area contributed by atoms with Crippen LogP contribution in [0.15, 0.2) is 24.3 Å². The van der Waals surface area contributed by atoms with E-state index < -0.39 is 13.9 Å². The summed E-state index contributed by atoms with van der Waals surface area (Å²) in [5, 5.41) is 0. The van der Waals surface area contributed by atoms with E-state index in [0.717, 1.165) is 44.9 Å². The van der Waals surface area contributed by atoms with Crippen LogP contribution in [-0.2, 0) is 27.9 Å². The van der Waals surface area contributed by atoms with Crippen LogP contribution in [0.4, 0.5) is 0 Å². The number of esters is 1. The predicted molar refractivity (Wildman–Crippen MR) is 240 cm³/mol. The molecule has 57 heavy (non-hydrogen) atoms. The van der Waals surface area contributed by atoms with Gasteiger partial charge in [0, 0.05) is 13.0 Å². The highest BCUT2D eigenvalue weighted by molar-refractivity contribution is 7.45. The number of quaternary nitrogens is 1. The number of likely N-dealkylation sites (N-methyl/N-ethyl adjacent to an activating group) is 1. The van der Waals surface area contributed by atoms with Gasteiger partial charge in [-0.15, -0.1) is 0 Å². The molecule has 9 heteroatoms. The Balaban J connectivity index is 4.17. The highest BCUT2D eigenvalue weighted by Crippen LogP contribution is 2.38. The summed E-state index contributed by atoms with van der Waals surface area (Å²) in [7, 11) is 1.36. The van der Waals surface area contributed by atoms with Gasteiger partial charge in [0.1, 0.15) is 19.3 Å². The van der Waals surface area contributed by atoms with E-state index in [2.05, 4.69) is 38.2 Å². The maximum Gasteiger partial charge on any atom is 0.306 e. The van der Waals surface area contributed by atoms with Crippen LogP contribution in [0, 0.1) is 0 Å². The molecular formula is C48H94NO7P.